The maximum atomic E-state index is 13.0. The number of rotatable bonds is 12. The van der Waals surface area contributed by atoms with Gasteiger partial charge in [-0.05, 0) is 40.2 Å². The van der Waals surface area contributed by atoms with E-state index in [1.54, 1.807) is 13.0 Å². The van der Waals surface area contributed by atoms with E-state index < -0.39 is 60.4 Å². The van der Waals surface area contributed by atoms with Gasteiger partial charge in [0.05, 0.1) is 54.9 Å². The number of aromatic amines is 1. The molecule has 0 aromatic carbocycles. The van der Waals surface area contributed by atoms with Crippen molar-refractivity contribution in [3.05, 3.63) is 23.5 Å². The molecule has 3 aliphatic heterocycles. The number of morpholine rings is 1. The first-order valence-electron chi connectivity index (χ1n) is 17.0. The molecule has 0 bridgehead atoms. The fraction of sp³-hybridized carbons (Fsp3) is 0.727. The van der Waals surface area contributed by atoms with Crippen LogP contribution in [0.5, 0.6) is 0 Å². The summed E-state index contributed by atoms with van der Waals surface area (Å²) in [5, 5.41) is 56.8. The molecule has 0 unspecified atom stereocenters. The summed E-state index contributed by atoms with van der Waals surface area (Å²) in [5.41, 5.74) is -1.27. The monoisotopic (exact) mass is 705 g/mol. The number of nitrogens with one attached hydrogen (secondary N) is 3. The van der Waals surface area contributed by atoms with Crippen molar-refractivity contribution in [3.63, 3.8) is 0 Å². The van der Waals surface area contributed by atoms with Crippen molar-refractivity contribution in [2.75, 3.05) is 52.7 Å². The van der Waals surface area contributed by atoms with Gasteiger partial charge in [0, 0.05) is 69.8 Å². The molecule has 50 heavy (non-hydrogen) atoms. The standard InChI is InChI=1S/C33H51N7O10/c1-19-22-12-21(14-34-28(22)38-37-19)29(45)35-15-24(43)26(44)27-25(36-20(2)41)23(42)13-33(50-27,30(46)47)7-9-40-10-11-48-17-32(40)6-8-39(16-32)18-49-31(3,4)5/h12,14,23-27,42-44H,6-11,13,15-18H2,1-5H3,(H,35,45)(H,36,41)(H,46,47)(H,34,37,38)/t23-,24+,25+,26+,27+,32-,33+/m0/s1. The second-order valence-electron chi connectivity index (χ2n) is 14.8. The highest BCUT2D eigenvalue weighted by Gasteiger charge is 2.55. The Morgan fingerprint density at radius 1 is 1.24 bits per heavy atom. The number of aliphatic hydroxyl groups excluding tert-OH is 3. The second-order valence-corrected chi connectivity index (χ2v) is 14.8. The summed E-state index contributed by atoms with van der Waals surface area (Å²) in [6, 6.07) is 0.354. The number of amides is 2. The Balaban J connectivity index is 1.29. The van der Waals surface area contributed by atoms with Gasteiger partial charge in [0.15, 0.2) is 11.2 Å². The van der Waals surface area contributed by atoms with Crippen molar-refractivity contribution < 1.29 is 49.0 Å². The van der Waals surface area contributed by atoms with Gasteiger partial charge in [-0.2, -0.15) is 5.10 Å². The molecule has 17 heteroatoms. The Hall–Kier alpha value is -3.29. The third-order valence-corrected chi connectivity index (χ3v) is 9.92. The van der Waals surface area contributed by atoms with E-state index in [0.717, 1.165) is 18.7 Å². The Morgan fingerprint density at radius 3 is 2.70 bits per heavy atom. The van der Waals surface area contributed by atoms with E-state index in [1.807, 2.05) is 20.8 Å². The van der Waals surface area contributed by atoms with E-state index in [1.165, 1.54) is 13.1 Å². The van der Waals surface area contributed by atoms with Crippen LogP contribution < -0.4 is 10.6 Å². The van der Waals surface area contributed by atoms with Crippen LogP contribution >= 0.6 is 0 Å². The first-order valence-corrected chi connectivity index (χ1v) is 17.0. The number of hydrogen-bond donors (Lipinski definition) is 7. The lowest BCUT2D eigenvalue weighted by Gasteiger charge is -2.49. The van der Waals surface area contributed by atoms with Gasteiger partial charge in [-0.1, -0.05) is 0 Å². The van der Waals surface area contributed by atoms with Gasteiger partial charge in [-0.15, -0.1) is 0 Å². The molecule has 2 aromatic heterocycles. The summed E-state index contributed by atoms with van der Waals surface area (Å²) in [4.78, 5) is 46.6. The number of hydrogen-bond acceptors (Lipinski definition) is 13. The molecule has 2 amide bonds. The smallest absolute Gasteiger partial charge is 0.336 e. The number of fused-ring (bicyclic) bond motifs is 1. The molecular formula is C33H51N7O10. The zero-order valence-corrected chi connectivity index (χ0v) is 29.3. The number of aliphatic hydroxyl groups is 3. The van der Waals surface area contributed by atoms with Crippen molar-refractivity contribution in [2.24, 2.45) is 0 Å². The van der Waals surface area contributed by atoms with Crippen LogP contribution in [0.4, 0.5) is 0 Å². The molecule has 17 nitrogen and oxygen atoms in total. The van der Waals surface area contributed by atoms with E-state index >= 15 is 0 Å². The lowest BCUT2D eigenvalue weighted by molar-refractivity contribution is -0.231. The number of likely N-dealkylation sites (tertiary alicyclic amines) is 1. The highest BCUT2D eigenvalue weighted by molar-refractivity contribution is 5.97. The number of pyridine rings is 1. The zero-order chi connectivity index (χ0) is 36.4. The summed E-state index contributed by atoms with van der Waals surface area (Å²) in [7, 11) is 0. The number of aryl methyl sites for hydroxylation is 1. The van der Waals surface area contributed by atoms with Gasteiger partial charge >= 0.3 is 5.97 Å². The molecule has 7 N–H and O–H groups in total. The molecule has 3 saturated heterocycles. The average molecular weight is 706 g/mol. The molecule has 3 aliphatic rings. The molecule has 5 rings (SSSR count). The van der Waals surface area contributed by atoms with Gasteiger partial charge in [0.1, 0.15) is 12.2 Å². The average Bonchev–Trinajstić information content (AvgIpc) is 3.65. The summed E-state index contributed by atoms with van der Waals surface area (Å²) < 4.78 is 18.1. The number of carbonyl (C=O) groups is 3. The molecule has 0 radical (unpaired) electrons. The number of carboxylic acid groups (broad SMARTS) is 1. The normalized spacial score (nSPS) is 29.2. The molecule has 3 fully saturated rings. The fourth-order valence-electron chi connectivity index (χ4n) is 7.09. The van der Waals surface area contributed by atoms with Gasteiger partial charge < -0.3 is 45.3 Å². The summed E-state index contributed by atoms with van der Waals surface area (Å²) in [5.74, 6) is -2.47. The zero-order valence-electron chi connectivity index (χ0n) is 29.3. The van der Waals surface area contributed by atoms with Crippen LogP contribution in [0.25, 0.3) is 11.0 Å². The molecule has 0 aliphatic carbocycles. The fourth-order valence-corrected chi connectivity index (χ4v) is 7.09. The topological polar surface area (TPSA) is 232 Å². The maximum absolute atomic E-state index is 13.0. The van der Waals surface area contributed by atoms with Crippen molar-refractivity contribution in [3.8, 4) is 0 Å². The van der Waals surface area contributed by atoms with Crippen LogP contribution in [-0.4, -0.2) is 163 Å². The quantitative estimate of drug-likeness (QED) is 0.142. The maximum Gasteiger partial charge on any atom is 0.336 e. The lowest BCUT2D eigenvalue weighted by atomic mass is 9.81. The predicted molar refractivity (Wildman–Crippen MR) is 178 cm³/mol. The van der Waals surface area contributed by atoms with E-state index in [2.05, 4.69) is 35.6 Å². The number of aromatic nitrogens is 3. The van der Waals surface area contributed by atoms with Gasteiger partial charge in [0.2, 0.25) is 5.91 Å². The van der Waals surface area contributed by atoms with Crippen LogP contribution in [0.1, 0.15) is 63.0 Å². The first-order chi connectivity index (χ1) is 23.5. The molecule has 278 valence electrons. The van der Waals surface area contributed by atoms with Crippen LogP contribution in [-0.2, 0) is 23.8 Å². The molecule has 5 heterocycles. The Labute approximate surface area is 290 Å². The summed E-state index contributed by atoms with van der Waals surface area (Å²) in [6.45, 7) is 12.2. The Kier molecular flexibility index (Phi) is 11.5. The van der Waals surface area contributed by atoms with Gasteiger partial charge in [-0.3, -0.25) is 24.5 Å². The molecule has 1 spiro atoms. The van der Waals surface area contributed by atoms with Crippen molar-refractivity contribution >= 4 is 28.8 Å². The number of nitrogens with zero attached hydrogens (tertiary/aromatic N) is 4. The number of carbonyl (C=O) groups excluding carboxylic acids is 2. The van der Waals surface area contributed by atoms with Crippen molar-refractivity contribution in [1.82, 2.24) is 35.6 Å². The van der Waals surface area contributed by atoms with Crippen LogP contribution in [0, 0.1) is 6.92 Å². The van der Waals surface area contributed by atoms with Crippen molar-refractivity contribution in [2.45, 2.75) is 101 Å². The van der Waals surface area contributed by atoms with E-state index in [4.69, 9.17) is 14.2 Å². The number of carboxylic acids is 1. The predicted octanol–water partition coefficient (Wildman–Crippen LogP) is -0.865. The van der Waals surface area contributed by atoms with E-state index in [0.29, 0.717) is 44.1 Å². The summed E-state index contributed by atoms with van der Waals surface area (Å²) >= 11 is 0. The molecule has 2 aromatic rings. The minimum Gasteiger partial charge on any atom is -0.479 e. The molecule has 7 atom stereocenters. The van der Waals surface area contributed by atoms with Gasteiger partial charge in [-0.25, -0.2) is 9.78 Å². The third-order valence-electron chi connectivity index (χ3n) is 9.92. The number of ether oxygens (including phenoxy) is 3. The van der Waals surface area contributed by atoms with Crippen LogP contribution in [0.15, 0.2) is 12.3 Å². The second kappa shape index (κ2) is 15.1. The number of aliphatic carboxylic acids is 1. The van der Waals surface area contributed by atoms with Crippen LogP contribution in [0.2, 0.25) is 0 Å². The van der Waals surface area contributed by atoms with Crippen molar-refractivity contribution in [1.29, 1.82) is 0 Å². The van der Waals surface area contributed by atoms with Crippen LogP contribution in [0.3, 0.4) is 0 Å². The minimum atomic E-state index is -1.96. The third kappa shape index (κ3) is 8.42. The Morgan fingerprint density at radius 2 is 2.00 bits per heavy atom. The molecule has 0 saturated carbocycles. The molecular weight excluding hydrogens is 654 g/mol. The Bertz CT molecular complexity index is 1530. The van der Waals surface area contributed by atoms with Gasteiger partial charge in [0.25, 0.3) is 5.91 Å². The minimum absolute atomic E-state index is 0.0502. The van der Waals surface area contributed by atoms with E-state index in [9.17, 15) is 34.8 Å². The highest BCUT2D eigenvalue weighted by Crippen LogP contribution is 2.37. The largest absolute Gasteiger partial charge is 0.479 e. The number of H-pyrrole nitrogens is 1. The highest BCUT2D eigenvalue weighted by atomic mass is 16.6. The lowest BCUT2D eigenvalue weighted by Crippen LogP contribution is -2.68. The van der Waals surface area contributed by atoms with E-state index in [-0.39, 0.29) is 36.1 Å². The SMILES string of the molecule is CC(=O)N[C@H]1[C@H]([C@H](O)[C@H](O)CNC(=O)c2cnc3n[nH]c(C)c3c2)O[C@@](CCN2CCOC[C@@]23CCN(COC(C)(C)C)C3)(C(=O)O)C[C@@H]1O. The first kappa shape index (κ1) is 38.0. The summed E-state index contributed by atoms with van der Waals surface area (Å²) in [6.07, 6.45) is -4.73.